The zero-order valence-electron chi connectivity index (χ0n) is 61.3. The van der Waals surface area contributed by atoms with Crippen molar-refractivity contribution < 1.29 is 62.2 Å². The van der Waals surface area contributed by atoms with E-state index in [0.29, 0.717) is 100.0 Å². The van der Waals surface area contributed by atoms with E-state index in [-0.39, 0.29) is 73.9 Å². The summed E-state index contributed by atoms with van der Waals surface area (Å²) in [5, 5.41) is 47.3. The third kappa shape index (κ3) is 19.9. The van der Waals surface area contributed by atoms with E-state index in [0.717, 1.165) is 16.1 Å². The molecule has 0 saturated heterocycles. The molecule has 0 spiro atoms. The van der Waals surface area contributed by atoms with E-state index < -0.39 is 24.6 Å². The summed E-state index contributed by atoms with van der Waals surface area (Å²) in [5.74, 6) is -4.51. The van der Waals surface area contributed by atoms with Gasteiger partial charge in [-0.25, -0.2) is 37.7 Å². The minimum atomic E-state index is -1.76. The Bertz CT molecular complexity index is 5870. The molecule has 0 saturated carbocycles. The molecule has 574 valence electrons. The van der Waals surface area contributed by atoms with Crippen molar-refractivity contribution in [2.75, 3.05) is 21.1 Å². The number of aromatic nitrogens is 6. The highest BCUT2D eigenvalue weighted by Crippen LogP contribution is 2.36. The van der Waals surface area contributed by atoms with Crippen LogP contribution in [0.2, 0.25) is 15.1 Å². The number of rotatable bonds is 15. The van der Waals surface area contributed by atoms with Gasteiger partial charge in [0.1, 0.15) is 68.6 Å². The lowest BCUT2D eigenvalue weighted by Crippen LogP contribution is -2.40. The van der Waals surface area contributed by atoms with Gasteiger partial charge in [-0.2, -0.15) is 0 Å². The second-order valence-electron chi connectivity index (χ2n) is 26.2. The number of carboxylic acids is 2. The van der Waals surface area contributed by atoms with E-state index >= 15 is 0 Å². The van der Waals surface area contributed by atoms with Gasteiger partial charge in [0.15, 0.2) is 0 Å². The number of carbonyl (C=O) groups is 6. The van der Waals surface area contributed by atoms with Gasteiger partial charge in [-0.3, -0.25) is 32.4 Å². The molecule has 0 unspecified atom stereocenters. The second-order valence-corrected chi connectivity index (χ2v) is 28.3. The number of imidazole rings is 3. The average Bonchev–Trinajstić information content (AvgIpc) is 1.61. The summed E-state index contributed by atoms with van der Waals surface area (Å²) in [6.45, 7) is 7.90. The van der Waals surface area contributed by atoms with Crippen molar-refractivity contribution in [3.8, 4) is 56.0 Å². The molecule has 29 heteroatoms. The molecule has 0 aliphatic heterocycles. The van der Waals surface area contributed by atoms with Crippen molar-refractivity contribution in [2.45, 2.75) is 38.8 Å². The minimum Gasteiger partial charge on any atom is -0.478 e. The molecule has 6 heterocycles. The lowest BCUT2D eigenvalue weighted by atomic mass is 9.79. The zero-order chi connectivity index (χ0) is 81.8. The SMILES string of the molecule is CC(C)(N)c1ccccc1.CNC(=O)c1c(-c2ccc(F)cc2)nc2ccc(-c3cc(C(=O)NC(C)(C)c4ccccc4)ccc3Cl)cn12.CNC(=O)c1c(-c2ccc(F)cc2)nc2ccc(-c3cc(C(=O)O)ccc3Cl)cn12.CNC(=O)c1c(-c2ccc(F)cc2)nc2ccc(Br)cn12.O=C(O)c1ccc(Cl)c(B(O)O)c1. The standard InChI is InChI=1S/C31H26ClFN4O2.C22H15ClFN3O3.C15H11BrFN3O.C9H13N.C7H6BClO4/c1-31(2,22-7-5-4-6-8-22)36-29(38)20-11-15-25(32)24(17-20)21-12-16-26-35-27(19-9-13-23(33)14-10-19)28(30(39)34-3)37(26)18-21;1-25-21(28)20-19(12-2-6-15(24)7-3-12)26-18-9-5-14(11-27(18)20)16-10-13(22(29)30)4-8-17(16)23;1-18-15(21)14-13(9-2-5-11(17)6-3-9)19-12-7-4-10(16)8-20(12)14;1-9(2,10)8-6-4-3-5-7-8;9-6-2-1-4(7(10)11)3-5(6)8(12)13/h4-18H,1-3H3,(H,34,39)(H,36,38);2-11H,1H3,(H,25,28)(H,29,30);2-8H,1H3,(H,18,21);3-7H,10H2,1-2H3;1-3,12-13H,(H,10,11). The van der Waals surface area contributed by atoms with Crippen molar-refractivity contribution in [3.63, 3.8) is 0 Å². The predicted octanol–water partition coefficient (Wildman–Crippen LogP) is 15.9. The van der Waals surface area contributed by atoms with Gasteiger partial charge in [-0.05, 0) is 230 Å². The molecule has 6 aromatic heterocycles. The summed E-state index contributed by atoms with van der Waals surface area (Å²) >= 11 is 21.9. The summed E-state index contributed by atoms with van der Waals surface area (Å²) in [6, 6.07) is 61.2. The van der Waals surface area contributed by atoms with Crippen LogP contribution in [0.4, 0.5) is 13.2 Å². The number of nitrogens with two attached hydrogens (primary N) is 1. The maximum Gasteiger partial charge on any atom is 0.489 e. The highest BCUT2D eigenvalue weighted by atomic mass is 79.9. The van der Waals surface area contributed by atoms with Crippen LogP contribution in [-0.4, -0.2) is 112 Å². The maximum atomic E-state index is 13.5. The quantitative estimate of drug-likeness (QED) is 0.0431. The fraction of sp³-hybridized carbons (Fsp3) is 0.107. The first-order chi connectivity index (χ1) is 53.8. The van der Waals surface area contributed by atoms with E-state index in [1.165, 1.54) is 86.4 Å². The number of hydrogen-bond acceptors (Lipinski definition) is 12. The van der Waals surface area contributed by atoms with E-state index in [2.05, 4.69) is 52.1 Å². The van der Waals surface area contributed by atoms with Gasteiger partial charge in [0.05, 0.1) is 16.7 Å². The zero-order valence-corrected chi connectivity index (χ0v) is 65.2. The van der Waals surface area contributed by atoms with Gasteiger partial charge in [0, 0.05) is 104 Å². The first-order valence-corrected chi connectivity index (χ1v) is 36.3. The highest BCUT2D eigenvalue weighted by Gasteiger charge is 2.27. The van der Waals surface area contributed by atoms with E-state index in [9.17, 15) is 47.0 Å². The normalized spacial score (nSPS) is 11.0. The number of carboxylic acid groups (broad SMARTS) is 2. The summed E-state index contributed by atoms with van der Waals surface area (Å²) in [5.41, 5.74) is 16.1. The third-order valence-corrected chi connectivity index (χ3v) is 19.0. The Labute approximate surface area is 669 Å². The summed E-state index contributed by atoms with van der Waals surface area (Å²) in [6.07, 6.45) is 5.21. The van der Waals surface area contributed by atoms with Crippen LogP contribution in [0.15, 0.2) is 248 Å². The molecule has 8 aromatic carbocycles. The molecule has 113 heavy (non-hydrogen) atoms. The molecule has 0 fully saturated rings. The Balaban J connectivity index is 0.000000161. The van der Waals surface area contributed by atoms with Gasteiger partial charge in [0.2, 0.25) is 0 Å². The molecule has 0 bridgehead atoms. The fourth-order valence-corrected chi connectivity index (χ4v) is 12.7. The number of carbonyl (C=O) groups excluding carboxylic acids is 4. The topological polar surface area (TPSA) is 309 Å². The lowest BCUT2D eigenvalue weighted by molar-refractivity contribution is 0.0686. The number of halogens is 7. The Hall–Kier alpha value is -12.3. The number of fused-ring (bicyclic) bond motifs is 3. The van der Waals surface area contributed by atoms with E-state index in [1.807, 2.05) is 107 Å². The number of aromatic carboxylic acids is 2. The Morgan fingerprint density at radius 1 is 0.425 bits per heavy atom. The largest absolute Gasteiger partial charge is 0.489 e. The highest BCUT2D eigenvalue weighted by molar-refractivity contribution is 9.10. The number of amides is 4. The number of nitrogens with zero attached hydrogens (tertiary/aromatic N) is 6. The smallest absolute Gasteiger partial charge is 0.478 e. The molecular formula is C84H71BBrCl3F3N11O10. The lowest BCUT2D eigenvalue weighted by Gasteiger charge is -2.27. The Morgan fingerprint density at radius 2 is 0.761 bits per heavy atom. The van der Waals surface area contributed by atoms with Crippen molar-refractivity contribution in [1.82, 2.24) is 49.4 Å². The third-order valence-electron chi connectivity index (χ3n) is 17.5. The van der Waals surface area contributed by atoms with Gasteiger partial charge in [-0.1, -0.05) is 95.5 Å². The molecule has 0 atom stereocenters. The van der Waals surface area contributed by atoms with Crippen molar-refractivity contribution in [3.05, 3.63) is 325 Å². The predicted molar refractivity (Wildman–Crippen MR) is 436 cm³/mol. The maximum absolute atomic E-state index is 13.5. The fourth-order valence-electron chi connectivity index (χ4n) is 11.7. The molecule has 0 radical (unpaired) electrons. The summed E-state index contributed by atoms with van der Waals surface area (Å²) < 4.78 is 45.8. The number of pyridine rings is 3. The van der Waals surface area contributed by atoms with Crippen molar-refractivity contribution in [1.29, 1.82) is 0 Å². The monoisotopic (exact) mass is 1650 g/mol. The Kier molecular flexibility index (Phi) is 26.7. The van der Waals surface area contributed by atoms with Crippen LogP contribution in [0.25, 0.3) is 73.0 Å². The second kappa shape index (κ2) is 36.3. The molecule has 14 rings (SSSR count). The van der Waals surface area contributed by atoms with Crippen molar-refractivity contribution in [2.24, 2.45) is 5.73 Å². The van der Waals surface area contributed by atoms with Crippen LogP contribution in [0.1, 0.15) is 101 Å². The van der Waals surface area contributed by atoms with Gasteiger partial charge >= 0.3 is 19.1 Å². The molecule has 0 aliphatic rings. The van der Waals surface area contributed by atoms with Gasteiger partial charge in [-0.15, -0.1) is 0 Å². The van der Waals surface area contributed by atoms with Crippen LogP contribution in [0.5, 0.6) is 0 Å². The molecule has 21 nitrogen and oxygen atoms in total. The first-order valence-electron chi connectivity index (χ1n) is 34.4. The van der Waals surface area contributed by atoms with E-state index in [4.69, 9.17) is 55.7 Å². The van der Waals surface area contributed by atoms with Gasteiger partial charge in [0.25, 0.3) is 23.6 Å². The summed E-state index contributed by atoms with van der Waals surface area (Å²) in [4.78, 5) is 86.5. The van der Waals surface area contributed by atoms with Crippen molar-refractivity contribution >= 4 is 116 Å². The average molecular weight is 1650 g/mol. The van der Waals surface area contributed by atoms with Crippen LogP contribution in [0.3, 0.4) is 0 Å². The van der Waals surface area contributed by atoms with Crippen LogP contribution in [-0.2, 0) is 11.1 Å². The number of benzene rings is 8. The first kappa shape index (κ1) is 83.2. The molecule has 14 aromatic rings. The number of hydrogen-bond donors (Lipinski definition) is 9. The van der Waals surface area contributed by atoms with Crippen LogP contribution in [0, 0.1) is 17.5 Å². The molecule has 10 N–H and O–H groups in total. The number of nitrogens with one attached hydrogen (secondary N) is 4. The Morgan fingerprint density at radius 3 is 1.12 bits per heavy atom. The summed E-state index contributed by atoms with van der Waals surface area (Å²) in [7, 11) is 2.85. The molecular weight excluding hydrogens is 1580 g/mol. The minimum absolute atomic E-state index is 0.0124. The molecule has 4 amide bonds. The van der Waals surface area contributed by atoms with Gasteiger partial charge < -0.3 is 47.3 Å². The van der Waals surface area contributed by atoms with E-state index in [1.54, 1.807) is 112 Å². The molecule has 0 aliphatic carbocycles. The van der Waals surface area contributed by atoms with Crippen LogP contribution < -0.4 is 32.5 Å². The van der Waals surface area contributed by atoms with Crippen LogP contribution >= 0.6 is 50.7 Å².